The third kappa shape index (κ3) is 1.93. The van der Waals surface area contributed by atoms with E-state index in [1.54, 1.807) is 19.9 Å². The second-order valence-electron chi connectivity index (χ2n) is 3.89. The summed E-state index contributed by atoms with van der Waals surface area (Å²) in [5, 5.41) is 19.4. The number of carbonyl (C=O) groups is 1. The van der Waals surface area contributed by atoms with E-state index >= 15 is 0 Å². The number of aliphatic hydroxyl groups excluding tert-OH is 1. The zero-order valence-corrected chi connectivity index (χ0v) is 9.69. The molecule has 1 unspecified atom stereocenters. The molecule has 1 aromatic rings. The van der Waals surface area contributed by atoms with Gasteiger partial charge in [-0.3, -0.25) is 0 Å². The minimum absolute atomic E-state index is 0.142. The first-order valence-electron chi connectivity index (χ1n) is 5.41. The third-order valence-corrected chi connectivity index (χ3v) is 2.68. The highest BCUT2D eigenvalue weighted by molar-refractivity contribution is 5.95. The van der Waals surface area contributed by atoms with E-state index in [-0.39, 0.29) is 24.3 Å². The van der Waals surface area contributed by atoms with Crippen molar-refractivity contribution in [1.82, 2.24) is 0 Å². The van der Waals surface area contributed by atoms with Crippen LogP contribution < -0.4 is 4.74 Å². The molecule has 0 spiro atoms. The van der Waals surface area contributed by atoms with Crippen LogP contribution in [-0.2, 0) is 11.2 Å². The van der Waals surface area contributed by atoms with Gasteiger partial charge in [-0.2, -0.15) is 0 Å². The van der Waals surface area contributed by atoms with E-state index in [0.717, 1.165) is 0 Å². The number of ether oxygens (including phenoxy) is 2. The number of phenols is 1. The Hall–Kier alpha value is -1.75. The lowest BCUT2D eigenvalue weighted by Crippen LogP contribution is -2.10. The summed E-state index contributed by atoms with van der Waals surface area (Å²) in [6.45, 7) is 3.62. The predicted molar refractivity (Wildman–Crippen MR) is 59.1 cm³/mol. The fourth-order valence-electron chi connectivity index (χ4n) is 1.94. The Morgan fingerprint density at radius 3 is 3.00 bits per heavy atom. The van der Waals surface area contributed by atoms with Gasteiger partial charge in [0.2, 0.25) is 6.29 Å². The molecule has 1 atom stereocenters. The number of hydrogen-bond acceptors (Lipinski definition) is 5. The number of aliphatic hydroxyl groups is 1. The van der Waals surface area contributed by atoms with Gasteiger partial charge < -0.3 is 19.7 Å². The van der Waals surface area contributed by atoms with Gasteiger partial charge in [-0.25, -0.2) is 4.79 Å². The molecule has 0 aromatic heterocycles. The van der Waals surface area contributed by atoms with Gasteiger partial charge in [-0.1, -0.05) is 0 Å². The smallest absolute Gasteiger partial charge is 0.342 e. The van der Waals surface area contributed by atoms with Gasteiger partial charge in [0.1, 0.15) is 17.1 Å². The molecule has 1 aromatic carbocycles. The van der Waals surface area contributed by atoms with Gasteiger partial charge in [-0.15, -0.1) is 0 Å². The summed E-state index contributed by atoms with van der Waals surface area (Å²) in [5.74, 6) is -0.303. The SMILES string of the molecule is CCOC(=O)c1c(C)cc2c(c1O)CC(O)O2. The molecule has 17 heavy (non-hydrogen) atoms. The van der Waals surface area contributed by atoms with Crippen LogP contribution in [0.15, 0.2) is 6.07 Å². The first-order chi connectivity index (χ1) is 8.04. The Kier molecular flexibility index (Phi) is 2.93. The van der Waals surface area contributed by atoms with Crippen LogP contribution in [0.3, 0.4) is 0 Å². The van der Waals surface area contributed by atoms with Crippen LogP contribution in [0.2, 0.25) is 0 Å². The normalized spacial score (nSPS) is 17.5. The zero-order chi connectivity index (χ0) is 12.6. The maximum absolute atomic E-state index is 11.7. The number of esters is 1. The Labute approximate surface area is 98.6 Å². The Morgan fingerprint density at radius 1 is 1.65 bits per heavy atom. The number of hydrogen-bond donors (Lipinski definition) is 2. The first kappa shape index (κ1) is 11.7. The fraction of sp³-hybridized carbons (Fsp3) is 0.417. The van der Waals surface area contributed by atoms with Gasteiger partial charge in [-0.05, 0) is 25.5 Å². The first-order valence-corrected chi connectivity index (χ1v) is 5.41. The monoisotopic (exact) mass is 238 g/mol. The quantitative estimate of drug-likeness (QED) is 0.755. The van der Waals surface area contributed by atoms with Crippen molar-refractivity contribution in [3.8, 4) is 11.5 Å². The lowest BCUT2D eigenvalue weighted by molar-refractivity contribution is 0.00206. The third-order valence-electron chi connectivity index (χ3n) is 2.68. The van der Waals surface area contributed by atoms with Crippen molar-refractivity contribution < 1.29 is 24.5 Å². The average Bonchev–Trinajstić information content (AvgIpc) is 2.59. The number of carbonyl (C=O) groups excluding carboxylic acids is 1. The number of aryl methyl sites for hydroxylation is 1. The molecule has 1 aliphatic heterocycles. The number of fused-ring (bicyclic) bond motifs is 1. The molecule has 0 saturated heterocycles. The van der Waals surface area contributed by atoms with Gasteiger partial charge in [0.25, 0.3) is 0 Å². The predicted octanol–water partition coefficient (Wildman–Crippen LogP) is 1.13. The lowest BCUT2D eigenvalue weighted by Gasteiger charge is -2.10. The molecule has 0 radical (unpaired) electrons. The maximum Gasteiger partial charge on any atom is 0.342 e. The fourth-order valence-corrected chi connectivity index (χ4v) is 1.94. The molecule has 5 heteroatoms. The van der Waals surface area contributed by atoms with Gasteiger partial charge in [0.15, 0.2) is 0 Å². The summed E-state index contributed by atoms with van der Waals surface area (Å²) >= 11 is 0. The molecule has 92 valence electrons. The van der Waals surface area contributed by atoms with Crippen LogP contribution in [-0.4, -0.2) is 29.1 Å². The van der Waals surface area contributed by atoms with Crippen LogP contribution >= 0.6 is 0 Å². The Morgan fingerprint density at radius 2 is 2.35 bits per heavy atom. The Balaban J connectivity index is 2.48. The molecule has 0 fully saturated rings. The molecule has 5 nitrogen and oxygen atoms in total. The van der Waals surface area contributed by atoms with E-state index in [2.05, 4.69) is 0 Å². The molecule has 0 aliphatic carbocycles. The minimum atomic E-state index is -0.965. The molecule has 0 amide bonds. The summed E-state index contributed by atoms with van der Waals surface area (Å²) in [6.07, 6.45) is -0.791. The van der Waals surface area contributed by atoms with Crippen LogP contribution in [0.4, 0.5) is 0 Å². The Bertz CT molecular complexity index is 466. The van der Waals surface area contributed by atoms with Crippen molar-refractivity contribution in [2.75, 3.05) is 6.61 Å². The van der Waals surface area contributed by atoms with Gasteiger partial charge in [0.05, 0.1) is 6.61 Å². The molecule has 2 rings (SSSR count). The number of aromatic hydroxyl groups is 1. The molecule has 2 N–H and O–H groups in total. The topological polar surface area (TPSA) is 76.0 Å². The van der Waals surface area contributed by atoms with E-state index in [4.69, 9.17) is 9.47 Å². The molecule has 0 saturated carbocycles. The van der Waals surface area contributed by atoms with Crippen molar-refractivity contribution in [3.05, 3.63) is 22.8 Å². The number of phenolic OH excluding ortho intramolecular Hbond substituents is 1. The number of rotatable bonds is 2. The van der Waals surface area contributed by atoms with Crippen LogP contribution in [0.25, 0.3) is 0 Å². The minimum Gasteiger partial charge on any atom is -0.507 e. The molecule has 1 heterocycles. The summed E-state index contributed by atoms with van der Waals surface area (Å²) in [4.78, 5) is 11.7. The summed E-state index contributed by atoms with van der Waals surface area (Å²) in [5.41, 5.74) is 1.16. The maximum atomic E-state index is 11.7. The molecular formula is C12H14O5. The summed E-state index contributed by atoms with van der Waals surface area (Å²) in [6, 6.07) is 1.62. The van der Waals surface area contributed by atoms with E-state index in [0.29, 0.717) is 16.9 Å². The second kappa shape index (κ2) is 4.25. The van der Waals surface area contributed by atoms with Crippen molar-refractivity contribution in [2.24, 2.45) is 0 Å². The molecular weight excluding hydrogens is 224 g/mol. The van der Waals surface area contributed by atoms with Crippen molar-refractivity contribution in [2.45, 2.75) is 26.6 Å². The van der Waals surface area contributed by atoms with Crippen molar-refractivity contribution in [1.29, 1.82) is 0 Å². The molecule has 1 aliphatic rings. The number of benzene rings is 1. The summed E-state index contributed by atoms with van der Waals surface area (Å²) < 4.78 is 9.98. The largest absolute Gasteiger partial charge is 0.507 e. The van der Waals surface area contributed by atoms with Crippen LogP contribution in [0.1, 0.15) is 28.4 Å². The van der Waals surface area contributed by atoms with Crippen LogP contribution in [0.5, 0.6) is 11.5 Å². The van der Waals surface area contributed by atoms with E-state index in [9.17, 15) is 15.0 Å². The highest BCUT2D eigenvalue weighted by Crippen LogP contribution is 2.39. The zero-order valence-electron chi connectivity index (χ0n) is 9.69. The summed E-state index contributed by atoms with van der Waals surface area (Å²) in [7, 11) is 0. The van der Waals surface area contributed by atoms with Gasteiger partial charge >= 0.3 is 5.97 Å². The van der Waals surface area contributed by atoms with Crippen molar-refractivity contribution in [3.63, 3.8) is 0 Å². The second-order valence-corrected chi connectivity index (χ2v) is 3.89. The van der Waals surface area contributed by atoms with Crippen LogP contribution in [0, 0.1) is 6.92 Å². The van der Waals surface area contributed by atoms with E-state index < -0.39 is 12.3 Å². The van der Waals surface area contributed by atoms with Crippen molar-refractivity contribution >= 4 is 5.97 Å². The highest BCUT2D eigenvalue weighted by Gasteiger charge is 2.29. The van der Waals surface area contributed by atoms with E-state index in [1.165, 1.54) is 0 Å². The lowest BCUT2D eigenvalue weighted by atomic mass is 10.0. The molecule has 0 bridgehead atoms. The highest BCUT2D eigenvalue weighted by atomic mass is 16.6. The van der Waals surface area contributed by atoms with Gasteiger partial charge in [0, 0.05) is 12.0 Å². The van der Waals surface area contributed by atoms with E-state index in [1.807, 2.05) is 0 Å². The standard InChI is InChI=1S/C12H14O5/c1-3-16-12(15)10-6(2)4-8-7(11(10)14)5-9(13)17-8/h4,9,13-14H,3,5H2,1-2H3. The average molecular weight is 238 g/mol.